The van der Waals surface area contributed by atoms with Crippen molar-refractivity contribution in [2.45, 2.75) is 45.6 Å². The maximum atomic E-state index is 13.1. The van der Waals surface area contributed by atoms with E-state index in [0.29, 0.717) is 11.5 Å². The van der Waals surface area contributed by atoms with E-state index < -0.39 is 12.5 Å². The highest BCUT2D eigenvalue weighted by molar-refractivity contribution is 5.95. The summed E-state index contributed by atoms with van der Waals surface area (Å²) >= 11 is 0. The van der Waals surface area contributed by atoms with Crippen molar-refractivity contribution in [2.75, 3.05) is 19.7 Å². The van der Waals surface area contributed by atoms with E-state index in [2.05, 4.69) is 32.8 Å². The Morgan fingerprint density at radius 2 is 2.21 bits per heavy atom. The average molecular weight is 402 g/mol. The van der Waals surface area contributed by atoms with E-state index in [1.165, 1.54) is 13.3 Å². The van der Waals surface area contributed by atoms with Gasteiger partial charge in [-0.1, -0.05) is 24.8 Å². The number of nitrogens with one attached hydrogen (secondary N) is 1. The molecule has 1 aliphatic heterocycles. The van der Waals surface area contributed by atoms with E-state index in [1.54, 1.807) is 0 Å². The lowest BCUT2D eigenvalue weighted by molar-refractivity contribution is -0.238. The van der Waals surface area contributed by atoms with Crippen LogP contribution in [-0.2, 0) is 4.74 Å². The largest absolute Gasteiger partial charge is 0.355 e. The third-order valence-electron chi connectivity index (χ3n) is 5.29. The monoisotopic (exact) mass is 402 g/mol. The fourth-order valence-corrected chi connectivity index (χ4v) is 3.56. The van der Waals surface area contributed by atoms with Crippen molar-refractivity contribution in [2.24, 2.45) is 5.92 Å². The van der Waals surface area contributed by atoms with Crippen LogP contribution in [0.2, 0.25) is 0 Å². The molecule has 1 N–H and O–H groups in total. The fourth-order valence-electron chi connectivity index (χ4n) is 3.56. The first kappa shape index (κ1) is 21.3. The highest BCUT2D eigenvalue weighted by Gasteiger charge is 2.26. The van der Waals surface area contributed by atoms with E-state index in [1.807, 2.05) is 31.5 Å². The van der Waals surface area contributed by atoms with Crippen LogP contribution in [0.5, 0.6) is 0 Å². The average Bonchev–Trinajstić information content (AvgIpc) is 2.71. The first-order valence-corrected chi connectivity index (χ1v) is 10.2. The van der Waals surface area contributed by atoms with Crippen LogP contribution in [0.1, 0.15) is 48.5 Å². The van der Waals surface area contributed by atoms with Gasteiger partial charge in [0, 0.05) is 47.9 Å². The van der Waals surface area contributed by atoms with Gasteiger partial charge in [-0.25, -0.2) is 0 Å². The maximum Gasteiger partial charge on any atom is 0.355 e. The number of allylic oxidation sites excluding steroid dienone is 2. The van der Waals surface area contributed by atoms with E-state index in [-0.39, 0.29) is 19.1 Å². The molecule has 156 valence electrons. The fraction of sp³-hybridized carbons (Fsp3) is 0.478. The number of alkyl halides is 2. The number of hydrogen-bond donors (Lipinski definition) is 1. The standard InChI is InChI=1S/C23H28F2N2O2/c1-3-23(24,25)29-12-10-26-22(28)21-14-20-16-27(11-9-19(20)13-17(21)2)15-18-7-5-4-6-8-18/h4-5,11,13-14,16,18H,3,6-8,10,12,15H2,1-2H3,(H,26,28). The molecule has 1 unspecified atom stereocenters. The van der Waals surface area contributed by atoms with Crippen LogP contribution in [0, 0.1) is 12.8 Å². The first-order valence-electron chi connectivity index (χ1n) is 10.2. The number of fused-ring (bicyclic) bond motifs is 1. The van der Waals surface area contributed by atoms with Gasteiger partial charge in [-0.3, -0.25) is 4.79 Å². The Labute approximate surface area is 170 Å². The summed E-state index contributed by atoms with van der Waals surface area (Å²) in [6.07, 6.45) is 8.34. The van der Waals surface area contributed by atoms with Gasteiger partial charge >= 0.3 is 6.11 Å². The van der Waals surface area contributed by atoms with Gasteiger partial charge in [-0.05, 0) is 49.8 Å². The molecule has 1 aliphatic carbocycles. The second-order valence-corrected chi connectivity index (χ2v) is 7.60. The Morgan fingerprint density at radius 1 is 1.38 bits per heavy atom. The summed E-state index contributed by atoms with van der Waals surface area (Å²) in [4.78, 5) is 14.7. The smallest absolute Gasteiger partial charge is 0.350 e. The molecule has 1 amide bonds. The topological polar surface area (TPSA) is 41.6 Å². The van der Waals surface area contributed by atoms with E-state index in [9.17, 15) is 13.6 Å². The number of carbonyl (C=O) groups excluding carboxylic acids is 1. The second-order valence-electron chi connectivity index (χ2n) is 7.60. The minimum Gasteiger partial charge on any atom is -0.350 e. The van der Waals surface area contributed by atoms with E-state index >= 15 is 0 Å². The number of halogens is 2. The second kappa shape index (κ2) is 9.38. The lowest BCUT2D eigenvalue weighted by Gasteiger charge is -2.24. The number of amides is 1. The Morgan fingerprint density at radius 3 is 2.93 bits per heavy atom. The summed E-state index contributed by atoms with van der Waals surface area (Å²) in [6, 6.07) is 3.77. The zero-order chi connectivity index (χ0) is 20.9. The normalized spacial score (nSPS) is 18.1. The Bertz CT molecular complexity index is 933. The molecule has 0 bridgehead atoms. The zero-order valence-electron chi connectivity index (χ0n) is 17.0. The van der Waals surface area contributed by atoms with Crippen molar-refractivity contribution in [3.63, 3.8) is 0 Å². The van der Waals surface area contributed by atoms with Gasteiger partial charge in [0.2, 0.25) is 0 Å². The minimum atomic E-state index is -3.15. The molecule has 0 saturated heterocycles. The molecule has 0 aromatic heterocycles. The molecule has 0 fully saturated rings. The van der Waals surface area contributed by atoms with Gasteiger partial charge < -0.3 is 15.0 Å². The summed E-state index contributed by atoms with van der Waals surface area (Å²) in [5.41, 5.74) is 4.66. The first-order chi connectivity index (χ1) is 13.9. The molecule has 1 aromatic rings. The van der Waals surface area contributed by atoms with Crippen molar-refractivity contribution >= 4 is 17.8 Å². The SMILES string of the molecule is CCC(F)(F)OCCNC(=O)c1cc2c(cc1C)=C=CN(CC1CC=CCC1)C=2. The van der Waals surface area contributed by atoms with Gasteiger partial charge in [0.05, 0.1) is 6.61 Å². The van der Waals surface area contributed by atoms with Gasteiger partial charge in [0.25, 0.3) is 5.91 Å². The van der Waals surface area contributed by atoms with Gasteiger partial charge in [-0.2, -0.15) is 8.78 Å². The highest BCUT2D eigenvalue weighted by Crippen LogP contribution is 2.20. The van der Waals surface area contributed by atoms with Crippen LogP contribution in [0.4, 0.5) is 8.78 Å². The Balaban J connectivity index is 1.67. The minimum absolute atomic E-state index is 0.0298. The number of ether oxygens (including phenoxy) is 1. The van der Waals surface area contributed by atoms with E-state index in [0.717, 1.165) is 35.4 Å². The van der Waals surface area contributed by atoms with Gasteiger partial charge in [0.15, 0.2) is 0 Å². The molecule has 29 heavy (non-hydrogen) atoms. The molecule has 1 aromatic carbocycles. The molecule has 0 spiro atoms. The number of aryl methyl sites for hydroxylation is 1. The maximum absolute atomic E-state index is 13.1. The Hall–Kier alpha value is -2.43. The molecule has 6 heteroatoms. The van der Waals surface area contributed by atoms with Crippen molar-refractivity contribution in [3.05, 3.63) is 52.0 Å². The molecule has 1 atom stereocenters. The predicted molar refractivity (Wildman–Crippen MR) is 110 cm³/mol. The number of carbonyl (C=O) groups is 1. The molecule has 0 radical (unpaired) electrons. The van der Waals surface area contributed by atoms with Crippen LogP contribution in [0.3, 0.4) is 0 Å². The molecular formula is C23H28F2N2O2. The molecule has 3 rings (SSSR count). The van der Waals surface area contributed by atoms with Gasteiger partial charge in [0.1, 0.15) is 0 Å². The van der Waals surface area contributed by atoms with Crippen LogP contribution in [0.25, 0.3) is 11.9 Å². The summed E-state index contributed by atoms with van der Waals surface area (Å²) in [7, 11) is 0. The summed E-state index contributed by atoms with van der Waals surface area (Å²) < 4.78 is 30.7. The van der Waals surface area contributed by atoms with Crippen molar-refractivity contribution in [3.8, 4) is 0 Å². The molecule has 4 nitrogen and oxygen atoms in total. The van der Waals surface area contributed by atoms with Crippen molar-refractivity contribution in [1.82, 2.24) is 10.2 Å². The van der Waals surface area contributed by atoms with Crippen molar-refractivity contribution in [1.29, 1.82) is 0 Å². The van der Waals surface area contributed by atoms with Crippen LogP contribution in [0.15, 0.2) is 30.5 Å². The number of rotatable bonds is 8. The number of nitrogens with zero attached hydrogens (tertiary/aromatic N) is 1. The Kier molecular flexibility index (Phi) is 6.88. The molecule has 1 heterocycles. The van der Waals surface area contributed by atoms with Crippen LogP contribution >= 0.6 is 0 Å². The number of benzene rings is 1. The zero-order valence-corrected chi connectivity index (χ0v) is 17.0. The van der Waals surface area contributed by atoms with Crippen LogP contribution < -0.4 is 15.8 Å². The lowest BCUT2D eigenvalue weighted by atomic mass is 9.94. The summed E-state index contributed by atoms with van der Waals surface area (Å²) in [5, 5.41) is 4.54. The quantitative estimate of drug-likeness (QED) is 0.537. The van der Waals surface area contributed by atoms with Gasteiger partial charge in [-0.15, -0.1) is 0 Å². The molecule has 2 aliphatic rings. The van der Waals surface area contributed by atoms with Crippen molar-refractivity contribution < 1.29 is 18.3 Å². The number of hydrogen-bond acceptors (Lipinski definition) is 3. The lowest BCUT2D eigenvalue weighted by Crippen LogP contribution is -2.36. The summed E-state index contributed by atoms with van der Waals surface area (Å²) in [5.74, 6) is 0.325. The predicted octanol–water partition coefficient (Wildman–Crippen LogP) is 3.05. The summed E-state index contributed by atoms with van der Waals surface area (Å²) in [6.45, 7) is 3.94. The van der Waals surface area contributed by atoms with E-state index in [4.69, 9.17) is 0 Å². The highest BCUT2D eigenvalue weighted by atomic mass is 19.3. The molecule has 0 saturated carbocycles. The van der Waals surface area contributed by atoms with Crippen LogP contribution in [-0.4, -0.2) is 36.6 Å². The third kappa shape index (κ3) is 5.78. The third-order valence-corrected chi connectivity index (χ3v) is 5.29. The molecular weight excluding hydrogens is 374 g/mol.